The Morgan fingerprint density at radius 2 is 1.92 bits per heavy atom. The predicted molar refractivity (Wildman–Crippen MR) is 104 cm³/mol. The Labute approximate surface area is 153 Å². The standard InChI is InChI=1S/C20H24ClN3O/c1-6-13(7-2)19-16-10-12(3)18(22-20(16)24(4)23-19)15-9-8-14(25-5)11-17(15)21/h8-11,13H,6-7H2,1-5H3. The van der Waals surface area contributed by atoms with Crippen LogP contribution in [0.4, 0.5) is 0 Å². The number of hydrogen-bond donors (Lipinski definition) is 0. The van der Waals surface area contributed by atoms with Gasteiger partial charge >= 0.3 is 0 Å². The predicted octanol–water partition coefficient (Wildman–Crippen LogP) is 5.51. The molecule has 25 heavy (non-hydrogen) atoms. The molecule has 1 aromatic carbocycles. The summed E-state index contributed by atoms with van der Waals surface area (Å²) in [6, 6.07) is 7.88. The molecule has 0 aliphatic heterocycles. The van der Waals surface area contributed by atoms with Crippen LogP contribution in [0.2, 0.25) is 5.02 Å². The molecule has 0 N–H and O–H groups in total. The molecule has 132 valence electrons. The van der Waals surface area contributed by atoms with Crippen molar-refractivity contribution >= 4 is 22.6 Å². The van der Waals surface area contributed by atoms with E-state index in [1.165, 1.54) is 0 Å². The fourth-order valence-electron chi connectivity index (χ4n) is 3.37. The SMILES string of the molecule is CCC(CC)c1nn(C)c2nc(-c3ccc(OC)cc3Cl)c(C)cc12. The third-order valence-corrected chi connectivity index (χ3v) is 5.15. The molecular formula is C20H24ClN3O. The number of aryl methyl sites for hydroxylation is 2. The summed E-state index contributed by atoms with van der Waals surface area (Å²) in [6.07, 6.45) is 2.15. The lowest BCUT2D eigenvalue weighted by Gasteiger charge is -2.11. The van der Waals surface area contributed by atoms with Gasteiger partial charge in [0.25, 0.3) is 0 Å². The third-order valence-electron chi connectivity index (χ3n) is 4.84. The Balaban J connectivity index is 2.19. The molecule has 5 heteroatoms. The Kier molecular flexibility index (Phi) is 5.00. The van der Waals surface area contributed by atoms with Crippen molar-refractivity contribution in [2.45, 2.75) is 39.5 Å². The van der Waals surface area contributed by atoms with E-state index in [0.717, 1.165) is 52.1 Å². The lowest BCUT2D eigenvalue weighted by Crippen LogP contribution is -1.98. The zero-order chi connectivity index (χ0) is 18.1. The minimum Gasteiger partial charge on any atom is -0.497 e. The molecule has 3 rings (SSSR count). The second-order valence-electron chi connectivity index (χ2n) is 6.39. The van der Waals surface area contributed by atoms with Crippen LogP contribution in [0.1, 0.15) is 43.9 Å². The topological polar surface area (TPSA) is 39.9 Å². The molecule has 0 saturated heterocycles. The number of benzene rings is 1. The molecule has 2 heterocycles. The average Bonchev–Trinajstić information content (AvgIpc) is 2.91. The number of halogens is 1. The van der Waals surface area contributed by atoms with Crippen LogP contribution < -0.4 is 4.74 Å². The largest absolute Gasteiger partial charge is 0.497 e. The number of aromatic nitrogens is 3. The molecule has 0 aliphatic rings. The first kappa shape index (κ1) is 17.7. The van der Waals surface area contributed by atoms with E-state index < -0.39 is 0 Å². The average molecular weight is 358 g/mol. The van der Waals surface area contributed by atoms with Crippen LogP contribution >= 0.6 is 11.6 Å². The van der Waals surface area contributed by atoms with Crippen molar-refractivity contribution in [3.8, 4) is 17.0 Å². The molecule has 0 radical (unpaired) electrons. The van der Waals surface area contributed by atoms with E-state index in [4.69, 9.17) is 26.4 Å². The fourth-order valence-corrected chi connectivity index (χ4v) is 3.63. The van der Waals surface area contributed by atoms with Gasteiger partial charge in [0.15, 0.2) is 5.65 Å². The molecule has 0 atom stereocenters. The number of pyridine rings is 1. The van der Waals surface area contributed by atoms with E-state index in [2.05, 4.69) is 26.8 Å². The van der Waals surface area contributed by atoms with Crippen molar-refractivity contribution in [2.24, 2.45) is 7.05 Å². The van der Waals surface area contributed by atoms with E-state index >= 15 is 0 Å². The highest BCUT2D eigenvalue weighted by atomic mass is 35.5. The quantitative estimate of drug-likeness (QED) is 0.604. The maximum Gasteiger partial charge on any atom is 0.158 e. The zero-order valence-electron chi connectivity index (χ0n) is 15.4. The van der Waals surface area contributed by atoms with Gasteiger partial charge in [-0.05, 0) is 49.6 Å². The third kappa shape index (κ3) is 3.11. The maximum absolute atomic E-state index is 6.46. The summed E-state index contributed by atoms with van der Waals surface area (Å²) in [5, 5.41) is 6.54. The van der Waals surface area contributed by atoms with Gasteiger partial charge in [-0.1, -0.05) is 25.4 Å². The number of ether oxygens (including phenoxy) is 1. The summed E-state index contributed by atoms with van der Waals surface area (Å²) in [6.45, 7) is 6.49. The molecule has 0 unspecified atom stereocenters. The van der Waals surface area contributed by atoms with Gasteiger partial charge in [0, 0.05) is 23.9 Å². The van der Waals surface area contributed by atoms with Gasteiger partial charge in [0.2, 0.25) is 0 Å². The van der Waals surface area contributed by atoms with Crippen LogP contribution in [0.3, 0.4) is 0 Å². The van der Waals surface area contributed by atoms with E-state index in [0.29, 0.717) is 10.9 Å². The van der Waals surface area contributed by atoms with Crippen LogP contribution in [0, 0.1) is 6.92 Å². The summed E-state index contributed by atoms with van der Waals surface area (Å²) < 4.78 is 7.12. The van der Waals surface area contributed by atoms with Crippen LogP contribution in [0.5, 0.6) is 5.75 Å². The van der Waals surface area contributed by atoms with E-state index in [-0.39, 0.29) is 0 Å². The highest BCUT2D eigenvalue weighted by Gasteiger charge is 2.19. The molecule has 4 nitrogen and oxygen atoms in total. The first-order valence-corrected chi connectivity index (χ1v) is 9.06. The maximum atomic E-state index is 6.46. The summed E-state index contributed by atoms with van der Waals surface area (Å²) >= 11 is 6.46. The molecule has 0 saturated carbocycles. The first-order valence-electron chi connectivity index (χ1n) is 8.68. The summed E-state index contributed by atoms with van der Waals surface area (Å²) in [4.78, 5) is 4.91. The van der Waals surface area contributed by atoms with Crippen LogP contribution in [0.15, 0.2) is 24.3 Å². The van der Waals surface area contributed by atoms with Crippen LogP contribution in [-0.4, -0.2) is 21.9 Å². The van der Waals surface area contributed by atoms with E-state index in [1.807, 2.05) is 29.9 Å². The van der Waals surface area contributed by atoms with Gasteiger partial charge in [-0.2, -0.15) is 5.10 Å². The number of fused-ring (bicyclic) bond motifs is 1. The summed E-state index contributed by atoms with van der Waals surface area (Å²) in [5.74, 6) is 1.20. The Hall–Kier alpha value is -2.07. The van der Waals surface area contributed by atoms with Crippen LogP contribution in [-0.2, 0) is 7.05 Å². The Morgan fingerprint density at radius 1 is 1.20 bits per heavy atom. The van der Waals surface area contributed by atoms with E-state index in [9.17, 15) is 0 Å². The molecule has 3 aromatic rings. The van der Waals surface area contributed by atoms with Gasteiger partial charge in [-0.3, -0.25) is 4.68 Å². The fraction of sp³-hybridized carbons (Fsp3) is 0.400. The normalized spacial score (nSPS) is 11.5. The minimum atomic E-state index is 0.459. The molecule has 0 fully saturated rings. The monoisotopic (exact) mass is 357 g/mol. The molecule has 0 aliphatic carbocycles. The minimum absolute atomic E-state index is 0.459. The van der Waals surface area contributed by atoms with Crippen molar-refractivity contribution in [3.05, 3.63) is 40.5 Å². The highest BCUT2D eigenvalue weighted by Crippen LogP contribution is 2.35. The van der Waals surface area contributed by atoms with Crippen molar-refractivity contribution in [1.29, 1.82) is 0 Å². The molecule has 0 spiro atoms. The van der Waals surface area contributed by atoms with Gasteiger partial charge < -0.3 is 4.74 Å². The number of hydrogen-bond acceptors (Lipinski definition) is 3. The number of nitrogens with zero attached hydrogens (tertiary/aromatic N) is 3. The number of rotatable bonds is 5. The molecule has 0 bridgehead atoms. The molecule has 2 aromatic heterocycles. The number of methoxy groups -OCH3 is 1. The van der Waals surface area contributed by atoms with Gasteiger partial charge in [0.05, 0.1) is 23.5 Å². The molecule has 0 amide bonds. The highest BCUT2D eigenvalue weighted by molar-refractivity contribution is 6.33. The van der Waals surface area contributed by atoms with Crippen LogP contribution in [0.25, 0.3) is 22.3 Å². The van der Waals surface area contributed by atoms with Gasteiger partial charge in [-0.15, -0.1) is 0 Å². The van der Waals surface area contributed by atoms with Gasteiger partial charge in [0.1, 0.15) is 5.75 Å². The summed E-state index contributed by atoms with van der Waals surface area (Å²) in [7, 11) is 3.59. The van der Waals surface area contributed by atoms with Crippen molar-refractivity contribution in [3.63, 3.8) is 0 Å². The molecular weight excluding hydrogens is 334 g/mol. The van der Waals surface area contributed by atoms with Crippen molar-refractivity contribution in [1.82, 2.24) is 14.8 Å². The van der Waals surface area contributed by atoms with E-state index in [1.54, 1.807) is 7.11 Å². The second-order valence-corrected chi connectivity index (χ2v) is 6.80. The second kappa shape index (κ2) is 7.04. The lowest BCUT2D eigenvalue weighted by atomic mass is 9.96. The Morgan fingerprint density at radius 3 is 2.52 bits per heavy atom. The lowest BCUT2D eigenvalue weighted by molar-refractivity contribution is 0.415. The summed E-state index contributed by atoms with van der Waals surface area (Å²) in [5.41, 5.74) is 4.94. The smallest absolute Gasteiger partial charge is 0.158 e. The van der Waals surface area contributed by atoms with Crippen molar-refractivity contribution in [2.75, 3.05) is 7.11 Å². The van der Waals surface area contributed by atoms with Gasteiger partial charge in [-0.25, -0.2) is 4.98 Å². The Bertz CT molecular complexity index is 913. The zero-order valence-corrected chi connectivity index (χ0v) is 16.2. The first-order chi connectivity index (χ1) is 12.0. The van der Waals surface area contributed by atoms with Crippen molar-refractivity contribution < 1.29 is 4.74 Å².